The zero-order chi connectivity index (χ0) is 19.6. The average molecular weight is 419 g/mol. The van der Waals surface area contributed by atoms with E-state index >= 15 is 0 Å². The lowest BCUT2D eigenvalue weighted by atomic mass is 9.88. The SMILES string of the molecule is CC1OC2(CCN(CCc3ccc(F)cc3)CC2)CN(c2ccccc2)C1=O.Cl. The fraction of sp³-hybridized carbons (Fsp3) is 0.435. The van der Waals surface area contributed by atoms with E-state index in [0.717, 1.165) is 50.1 Å². The Balaban J connectivity index is 0.00000240. The van der Waals surface area contributed by atoms with Crippen molar-refractivity contribution in [3.63, 3.8) is 0 Å². The largest absolute Gasteiger partial charge is 0.360 e. The molecule has 1 amide bonds. The zero-order valence-electron chi connectivity index (χ0n) is 16.7. The molecule has 4 nitrogen and oxygen atoms in total. The Hall–Kier alpha value is -1.95. The number of benzene rings is 2. The van der Waals surface area contributed by atoms with Gasteiger partial charge in [-0.15, -0.1) is 12.4 Å². The van der Waals surface area contributed by atoms with Gasteiger partial charge in [0.25, 0.3) is 5.91 Å². The van der Waals surface area contributed by atoms with Crippen molar-refractivity contribution in [1.82, 2.24) is 4.90 Å². The first-order valence-electron chi connectivity index (χ1n) is 10.1. The van der Waals surface area contributed by atoms with E-state index in [9.17, 15) is 9.18 Å². The summed E-state index contributed by atoms with van der Waals surface area (Å²) in [4.78, 5) is 17.0. The van der Waals surface area contributed by atoms with E-state index in [1.165, 1.54) is 12.1 Å². The molecule has 6 heteroatoms. The smallest absolute Gasteiger partial charge is 0.255 e. The number of halogens is 2. The summed E-state index contributed by atoms with van der Waals surface area (Å²) in [6.07, 6.45) is 2.33. The van der Waals surface area contributed by atoms with Gasteiger partial charge in [-0.2, -0.15) is 0 Å². The Morgan fingerprint density at radius 2 is 1.72 bits per heavy atom. The fourth-order valence-corrected chi connectivity index (χ4v) is 4.27. The molecule has 29 heavy (non-hydrogen) atoms. The second-order valence-electron chi connectivity index (χ2n) is 7.92. The summed E-state index contributed by atoms with van der Waals surface area (Å²) in [5, 5.41) is 0. The third kappa shape index (κ3) is 4.97. The number of hydrogen-bond acceptors (Lipinski definition) is 3. The van der Waals surface area contributed by atoms with E-state index < -0.39 is 6.10 Å². The maximum atomic E-state index is 13.0. The molecule has 0 N–H and O–H groups in total. The molecular formula is C23H28ClFN2O2. The third-order valence-corrected chi connectivity index (χ3v) is 5.95. The minimum Gasteiger partial charge on any atom is -0.360 e. The highest BCUT2D eigenvalue weighted by atomic mass is 35.5. The van der Waals surface area contributed by atoms with Crippen LogP contribution < -0.4 is 4.90 Å². The molecule has 0 aromatic heterocycles. The van der Waals surface area contributed by atoms with E-state index in [2.05, 4.69) is 4.90 Å². The van der Waals surface area contributed by atoms with Gasteiger partial charge in [0, 0.05) is 25.3 Å². The Morgan fingerprint density at radius 3 is 2.38 bits per heavy atom. The zero-order valence-corrected chi connectivity index (χ0v) is 17.5. The first-order valence-corrected chi connectivity index (χ1v) is 10.1. The maximum Gasteiger partial charge on any atom is 0.255 e. The van der Waals surface area contributed by atoms with Gasteiger partial charge in [0.2, 0.25) is 0 Å². The van der Waals surface area contributed by atoms with Gasteiger partial charge >= 0.3 is 0 Å². The lowest BCUT2D eigenvalue weighted by Crippen LogP contribution is -2.61. The summed E-state index contributed by atoms with van der Waals surface area (Å²) in [6.45, 7) is 5.33. The van der Waals surface area contributed by atoms with Crippen LogP contribution in [0.25, 0.3) is 0 Å². The number of hydrogen-bond donors (Lipinski definition) is 0. The number of piperidine rings is 1. The topological polar surface area (TPSA) is 32.8 Å². The van der Waals surface area contributed by atoms with Crippen molar-refractivity contribution in [2.45, 2.75) is 37.9 Å². The number of carbonyl (C=O) groups is 1. The Bertz CT molecular complexity index is 807. The van der Waals surface area contributed by atoms with Crippen molar-refractivity contribution in [1.29, 1.82) is 0 Å². The molecule has 2 heterocycles. The molecule has 156 valence electrons. The molecule has 1 atom stereocenters. The van der Waals surface area contributed by atoms with Crippen molar-refractivity contribution in [3.8, 4) is 0 Å². The molecule has 0 saturated carbocycles. The fourth-order valence-electron chi connectivity index (χ4n) is 4.27. The number of nitrogens with zero attached hydrogens (tertiary/aromatic N) is 2. The van der Waals surface area contributed by atoms with Gasteiger partial charge in [-0.3, -0.25) is 4.79 Å². The quantitative estimate of drug-likeness (QED) is 0.750. The van der Waals surface area contributed by atoms with Gasteiger partial charge in [-0.25, -0.2) is 4.39 Å². The van der Waals surface area contributed by atoms with Gasteiger partial charge < -0.3 is 14.5 Å². The Labute approximate surface area is 178 Å². The molecule has 0 radical (unpaired) electrons. The molecule has 4 rings (SSSR count). The van der Waals surface area contributed by atoms with Crippen LogP contribution in [0.2, 0.25) is 0 Å². The number of amides is 1. The van der Waals surface area contributed by atoms with Crippen LogP contribution in [0.5, 0.6) is 0 Å². The van der Waals surface area contributed by atoms with Crippen LogP contribution in [0.4, 0.5) is 10.1 Å². The highest BCUT2D eigenvalue weighted by molar-refractivity contribution is 5.97. The van der Waals surface area contributed by atoms with Gasteiger partial charge in [0.1, 0.15) is 11.9 Å². The molecule has 2 aromatic carbocycles. The summed E-state index contributed by atoms with van der Waals surface area (Å²) in [7, 11) is 0. The van der Waals surface area contributed by atoms with E-state index in [1.54, 1.807) is 0 Å². The molecule has 0 aliphatic carbocycles. The number of likely N-dealkylation sites (tertiary alicyclic amines) is 1. The molecule has 2 fully saturated rings. The van der Waals surface area contributed by atoms with Crippen LogP contribution in [-0.2, 0) is 16.0 Å². The molecule has 2 aliphatic heterocycles. The summed E-state index contributed by atoms with van der Waals surface area (Å²) < 4.78 is 19.3. The minimum atomic E-state index is -0.417. The van der Waals surface area contributed by atoms with Gasteiger partial charge in [0.05, 0.1) is 12.1 Å². The van der Waals surface area contributed by atoms with Gasteiger partial charge in [-0.05, 0) is 56.0 Å². The number of morpholine rings is 1. The predicted octanol–water partition coefficient (Wildman–Crippen LogP) is 4.08. The normalized spacial score (nSPS) is 21.8. The van der Waals surface area contributed by atoms with Crippen LogP contribution in [0.15, 0.2) is 54.6 Å². The molecule has 0 bridgehead atoms. The highest BCUT2D eigenvalue weighted by Crippen LogP contribution is 2.35. The molecule has 1 spiro atoms. The van der Waals surface area contributed by atoms with Crippen molar-refractivity contribution in [2.75, 3.05) is 31.1 Å². The Kier molecular flexibility index (Phi) is 6.93. The van der Waals surface area contributed by atoms with E-state index in [4.69, 9.17) is 4.74 Å². The predicted molar refractivity (Wildman–Crippen MR) is 115 cm³/mol. The first kappa shape index (κ1) is 21.8. The van der Waals surface area contributed by atoms with E-state index in [0.29, 0.717) is 6.54 Å². The van der Waals surface area contributed by atoms with E-state index in [1.807, 2.05) is 54.3 Å². The maximum absolute atomic E-state index is 13.0. The summed E-state index contributed by atoms with van der Waals surface area (Å²) in [6, 6.07) is 16.6. The number of ether oxygens (including phenoxy) is 1. The van der Waals surface area contributed by atoms with Gasteiger partial charge in [0.15, 0.2) is 0 Å². The van der Waals surface area contributed by atoms with Crippen LogP contribution in [0, 0.1) is 5.82 Å². The molecule has 1 unspecified atom stereocenters. The number of para-hydroxylation sites is 1. The van der Waals surface area contributed by atoms with Crippen molar-refractivity contribution in [3.05, 3.63) is 66.0 Å². The molecule has 2 saturated heterocycles. The number of anilines is 1. The van der Waals surface area contributed by atoms with Crippen LogP contribution in [0.3, 0.4) is 0 Å². The summed E-state index contributed by atoms with van der Waals surface area (Å²) in [5.41, 5.74) is 1.83. The lowest BCUT2D eigenvalue weighted by Gasteiger charge is -2.49. The molecule has 2 aromatic rings. The van der Waals surface area contributed by atoms with Crippen LogP contribution in [0.1, 0.15) is 25.3 Å². The molecule has 2 aliphatic rings. The van der Waals surface area contributed by atoms with Gasteiger partial charge in [-0.1, -0.05) is 30.3 Å². The highest BCUT2D eigenvalue weighted by Gasteiger charge is 2.45. The first-order chi connectivity index (χ1) is 13.5. The van der Waals surface area contributed by atoms with Crippen molar-refractivity contribution < 1.29 is 13.9 Å². The number of carbonyl (C=O) groups excluding carboxylic acids is 1. The summed E-state index contributed by atoms with van der Waals surface area (Å²) in [5.74, 6) is -0.152. The van der Waals surface area contributed by atoms with Crippen LogP contribution in [-0.4, -0.2) is 48.7 Å². The standard InChI is InChI=1S/C23H27FN2O2.ClH/c1-18-22(27)26(21-5-3-2-4-6-21)17-23(28-18)12-15-25(16-13-23)14-11-19-7-9-20(24)10-8-19;/h2-10,18H,11-17H2,1H3;1H. The lowest BCUT2D eigenvalue weighted by molar-refractivity contribution is -0.161. The third-order valence-electron chi connectivity index (χ3n) is 5.95. The molecular weight excluding hydrogens is 391 g/mol. The second-order valence-corrected chi connectivity index (χ2v) is 7.92. The second kappa shape index (κ2) is 9.24. The number of rotatable bonds is 4. The van der Waals surface area contributed by atoms with Crippen molar-refractivity contribution in [2.24, 2.45) is 0 Å². The average Bonchev–Trinajstić information content (AvgIpc) is 2.72. The monoisotopic (exact) mass is 418 g/mol. The Morgan fingerprint density at radius 1 is 1.07 bits per heavy atom. The minimum absolute atomic E-state index is 0. The van der Waals surface area contributed by atoms with Crippen LogP contribution >= 0.6 is 12.4 Å². The summed E-state index contributed by atoms with van der Waals surface area (Å²) >= 11 is 0. The van der Waals surface area contributed by atoms with E-state index in [-0.39, 0.29) is 29.7 Å². The van der Waals surface area contributed by atoms with Crippen molar-refractivity contribution >= 4 is 24.0 Å².